The van der Waals surface area contributed by atoms with Gasteiger partial charge in [-0.15, -0.1) is 9.32 Å². The van der Waals surface area contributed by atoms with Crippen molar-refractivity contribution < 1.29 is 9.32 Å². The molecule has 0 saturated carbocycles. The van der Waals surface area contributed by atoms with E-state index in [2.05, 4.69) is 37.4 Å². The zero-order valence-corrected chi connectivity index (χ0v) is 11.0. The number of aryl methyl sites for hydroxylation is 1. The summed E-state index contributed by atoms with van der Waals surface area (Å²) in [6.45, 7) is 2.02. The second-order valence-corrected chi connectivity index (χ2v) is 5.02. The predicted molar refractivity (Wildman–Crippen MR) is 68.6 cm³/mol. The summed E-state index contributed by atoms with van der Waals surface area (Å²) in [6, 6.07) is 10.3. The maximum absolute atomic E-state index is 4.81. The second-order valence-electron chi connectivity index (χ2n) is 3.36. The Kier molecular flexibility index (Phi) is 3.83. The number of fused-ring (bicyclic) bond motifs is 1. The van der Waals surface area contributed by atoms with Crippen LogP contribution >= 0.6 is 28.0 Å². The zero-order valence-electron chi connectivity index (χ0n) is 8.57. The van der Waals surface area contributed by atoms with Gasteiger partial charge < -0.3 is 0 Å². The summed E-state index contributed by atoms with van der Waals surface area (Å²) in [5.41, 5.74) is 1.12. The number of nitrogens with two attached hydrogens (primary N) is 1. The highest BCUT2D eigenvalue weighted by molar-refractivity contribution is 9.10. The van der Waals surface area contributed by atoms with Crippen molar-refractivity contribution in [3.05, 3.63) is 40.4 Å². The van der Waals surface area contributed by atoms with E-state index in [4.69, 9.17) is 5.90 Å². The Morgan fingerprint density at radius 1 is 1.19 bits per heavy atom. The molecule has 5 heteroatoms. The molecule has 2 rings (SSSR count). The molecule has 0 aliphatic rings. The van der Waals surface area contributed by atoms with Crippen molar-refractivity contribution >= 4 is 38.7 Å². The van der Waals surface area contributed by atoms with Gasteiger partial charge in [-0.2, -0.15) is 5.90 Å². The fourth-order valence-electron chi connectivity index (χ4n) is 1.51. The van der Waals surface area contributed by atoms with Gasteiger partial charge in [0.25, 0.3) is 0 Å². The molecule has 0 spiro atoms. The van der Waals surface area contributed by atoms with Gasteiger partial charge in [0.15, 0.2) is 0 Å². The van der Waals surface area contributed by atoms with Crippen LogP contribution in [0.1, 0.15) is 5.56 Å². The van der Waals surface area contributed by atoms with E-state index in [9.17, 15) is 0 Å². The number of hydrogen-bond donors (Lipinski definition) is 1. The Morgan fingerprint density at radius 3 is 2.75 bits per heavy atom. The summed E-state index contributed by atoms with van der Waals surface area (Å²) in [6.07, 6.45) is 0. The Morgan fingerprint density at radius 2 is 2.00 bits per heavy atom. The van der Waals surface area contributed by atoms with Crippen LogP contribution in [0, 0.1) is 6.92 Å². The topological polar surface area (TPSA) is 44.5 Å². The van der Waals surface area contributed by atoms with Crippen LogP contribution in [-0.4, -0.2) is 0 Å². The van der Waals surface area contributed by atoms with E-state index in [0.29, 0.717) is 0 Å². The third-order valence-electron chi connectivity index (χ3n) is 2.26. The van der Waals surface area contributed by atoms with E-state index >= 15 is 0 Å². The summed E-state index contributed by atoms with van der Waals surface area (Å²) < 4.78 is 5.73. The summed E-state index contributed by atoms with van der Waals surface area (Å²) in [7, 11) is 0. The highest BCUT2D eigenvalue weighted by Crippen LogP contribution is 2.29. The molecule has 2 aromatic carbocycles. The molecule has 0 radical (unpaired) electrons. The van der Waals surface area contributed by atoms with Gasteiger partial charge >= 0.3 is 0 Å². The van der Waals surface area contributed by atoms with Crippen molar-refractivity contribution in [3.63, 3.8) is 0 Å². The second kappa shape index (κ2) is 5.16. The van der Waals surface area contributed by atoms with Crippen LogP contribution in [0.3, 0.4) is 0 Å². The van der Waals surface area contributed by atoms with Gasteiger partial charge in [-0.05, 0) is 41.5 Å². The van der Waals surface area contributed by atoms with Crippen LogP contribution in [0.5, 0.6) is 0 Å². The highest BCUT2D eigenvalue weighted by atomic mass is 79.9. The maximum atomic E-state index is 4.81. The van der Waals surface area contributed by atoms with Crippen LogP contribution in [0.15, 0.2) is 39.7 Å². The number of rotatable bonds is 3. The summed E-state index contributed by atoms with van der Waals surface area (Å²) in [5, 5.41) is 2.34. The lowest BCUT2D eigenvalue weighted by Crippen LogP contribution is -1.94. The van der Waals surface area contributed by atoms with Crippen LogP contribution in [0.4, 0.5) is 0 Å². The normalized spacial score (nSPS) is 10.9. The van der Waals surface area contributed by atoms with E-state index < -0.39 is 0 Å². The van der Waals surface area contributed by atoms with Gasteiger partial charge in [-0.1, -0.05) is 28.1 Å². The molecule has 0 aromatic heterocycles. The average molecular weight is 300 g/mol. The molecule has 0 saturated heterocycles. The lowest BCUT2D eigenvalue weighted by Gasteiger charge is -2.06. The smallest absolute Gasteiger partial charge is 0.0705 e. The van der Waals surface area contributed by atoms with Gasteiger partial charge in [-0.25, -0.2) is 0 Å². The van der Waals surface area contributed by atoms with Gasteiger partial charge in [0.2, 0.25) is 0 Å². The first-order chi connectivity index (χ1) is 7.70. The monoisotopic (exact) mass is 299 g/mol. The number of hydrogen-bond acceptors (Lipinski definition) is 4. The van der Waals surface area contributed by atoms with Crippen molar-refractivity contribution in [2.45, 2.75) is 11.8 Å². The zero-order chi connectivity index (χ0) is 11.5. The quantitative estimate of drug-likeness (QED) is 0.533. The molecule has 0 aliphatic carbocycles. The highest BCUT2D eigenvalue weighted by Gasteiger charge is 2.04. The molecule has 0 fully saturated rings. The summed E-state index contributed by atoms with van der Waals surface area (Å²) in [4.78, 5) is 5.07. The maximum Gasteiger partial charge on any atom is 0.0705 e. The standard InChI is InChI=1S/C11H10BrNO2S/c1-7-4-9-5-10(12)3-2-8(9)6-11(7)16-15-14-13/h2-6H,13H2,1H3. The lowest BCUT2D eigenvalue weighted by atomic mass is 10.1. The largest absolute Gasteiger partial charge is 0.182 e. The van der Waals surface area contributed by atoms with Crippen molar-refractivity contribution in [2.75, 3.05) is 0 Å². The molecule has 84 valence electrons. The van der Waals surface area contributed by atoms with Crippen LogP contribution in [0.25, 0.3) is 10.8 Å². The number of halogens is 1. The molecule has 3 nitrogen and oxygen atoms in total. The fraction of sp³-hybridized carbons (Fsp3) is 0.0909. The summed E-state index contributed by atoms with van der Waals surface area (Å²) in [5.74, 6) is 4.81. The third-order valence-corrected chi connectivity index (χ3v) is 3.52. The molecular formula is C11H10BrNO2S. The first kappa shape index (κ1) is 11.9. The molecule has 0 unspecified atom stereocenters. The Hall–Kier alpha value is -0.590. The minimum Gasteiger partial charge on any atom is -0.182 e. The Balaban J connectivity index is 2.45. The Labute approximate surface area is 106 Å². The van der Waals surface area contributed by atoms with E-state index in [-0.39, 0.29) is 0 Å². The SMILES string of the molecule is Cc1cc2cc(Br)ccc2cc1SOON. The minimum atomic E-state index is 0.986. The predicted octanol–water partition coefficient (Wildman–Crippen LogP) is 3.74. The van der Waals surface area contributed by atoms with Gasteiger partial charge in [0.05, 0.1) is 12.0 Å². The minimum absolute atomic E-state index is 0.986. The van der Waals surface area contributed by atoms with E-state index in [0.717, 1.165) is 32.4 Å². The summed E-state index contributed by atoms with van der Waals surface area (Å²) >= 11 is 4.56. The van der Waals surface area contributed by atoms with Crippen molar-refractivity contribution in [2.24, 2.45) is 5.90 Å². The third kappa shape index (κ3) is 2.56. The van der Waals surface area contributed by atoms with Crippen LogP contribution in [0.2, 0.25) is 0 Å². The molecule has 0 aliphatic heterocycles. The molecule has 2 aromatic rings. The van der Waals surface area contributed by atoms with Gasteiger partial charge in [0, 0.05) is 9.37 Å². The Bertz CT molecular complexity index is 519. The first-order valence-electron chi connectivity index (χ1n) is 4.60. The lowest BCUT2D eigenvalue weighted by molar-refractivity contribution is -0.195. The average Bonchev–Trinajstić information content (AvgIpc) is 2.26. The van der Waals surface area contributed by atoms with E-state index in [1.807, 2.05) is 25.1 Å². The molecule has 0 heterocycles. The van der Waals surface area contributed by atoms with Crippen molar-refractivity contribution in [3.8, 4) is 0 Å². The first-order valence-corrected chi connectivity index (χ1v) is 6.14. The fourth-order valence-corrected chi connectivity index (χ4v) is 2.36. The van der Waals surface area contributed by atoms with Crippen LogP contribution < -0.4 is 5.90 Å². The van der Waals surface area contributed by atoms with Crippen LogP contribution in [-0.2, 0) is 9.32 Å². The van der Waals surface area contributed by atoms with Crippen molar-refractivity contribution in [1.29, 1.82) is 0 Å². The number of benzene rings is 2. The van der Waals surface area contributed by atoms with E-state index in [1.54, 1.807) is 0 Å². The van der Waals surface area contributed by atoms with Gasteiger partial charge in [0.1, 0.15) is 0 Å². The molecule has 0 bridgehead atoms. The molecule has 0 amide bonds. The van der Waals surface area contributed by atoms with Gasteiger partial charge in [-0.3, -0.25) is 0 Å². The van der Waals surface area contributed by atoms with Crippen molar-refractivity contribution in [1.82, 2.24) is 0 Å². The molecule has 0 atom stereocenters. The molecule has 2 N–H and O–H groups in total. The molecule has 16 heavy (non-hydrogen) atoms. The molecular weight excluding hydrogens is 290 g/mol. The van der Waals surface area contributed by atoms with E-state index in [1.165, 1.54) is 5.39 Å².